The summed E-state index contributed by atoms with van der Waals surface area (Å²) in [5.41, 5.74) is 2.01. The number of allylic oxidation sites excluding steroid dienone is 2. The maximum Gasteiger partial charge on any atom is 0.156 e. The van der Waals surface area contributed by atoms with Crippen molar-refractivity contribution >= 4 is 16.6 Å². The Balaban J connectivity index is 1.80. The maximum absolute atomic E-state index is 13.3. The van der Waals surface area contributed by atoms with Gasteiger partial charge in [0.15, 0.2) is 5.78 Å². The molecule has 2 aliphatic carbocycles. The summed E-state index contributed by atoms with van der Waals surface area (Å²) < 4.78 is 13.3. The molecule has 0 spiro atoms. The number of carbonyl (C=O) groups excluding carboxylic acids is 1. The van der Waals surface area contributed by atoms with Gasteiger partial charge in [0.25, 0.3) is 0 Å². The number of nitrogens with zero attached hydrogens (tertiary/aromatic N) is 1. The Labute approximate surface area is 162 Å². The van der Waals surface area contributed by atoms with Crippen LogP contribution in [0.4, 0.5) is 0 Å². The molecule has 136 valence electrons. The smallest absolute Gasteiger partial charge is 0.156 e. The molecule has 27 heavy (non-hydrogen) atoms. The van der Waals surface area contributed by atoms with Gasteiger partial charge in [-0.3, -0.25) is 4.79 Å². The Hall–Kier alpha value is -2.51. The van der Waals surface area contributed by atoms with Gasteiger partial charge >= 0.3 is 0 Å². The molecule has 0 N–H and O–H groups in total. The molecule has 0 radical (unpaired) electrons. The molecule has 0 aromatic heterocycles. The molecule has 2 aromatic rings. The fourth-order valence-electron chi connectivity index (χ4n) is 4.55. The maximum atomic E-state index is 13.3. The van der Waals surface area contributed by atoms with Crippen molar-refractivity contribution in [3.05, 3.63) is 71.3 Å². The number of carbonyl (C=O) groups is 1. The van der Waals surface area contributed by atoms with Gasteiger partial charge in [-0.2, -0.15) is 5.26 Å². The van der Waals surface area contributed by atoms with Gasteiger partial charge in [0, 0.05) is 16.2 Å². The van der Waals surface area contributed by atoms with Crippen LogP contribution >= 0.6 is 0 Å². The van der Waals surface area contributed by atoms with Crippen LogP contribution in [0.25, 0.3) is 0 Å². The first kappa shape index (κ1) is 17.9. The van der Waals surface area contributed by atoms with Crippen LogP contribution in [0.2, 0.25) is 0 Å². The highest BCUT2D eigenvalue weighted by Gasteiger charge is 2.54. The zero-order valence-corrected chi connectivity index (χ0v) is 16.3. The number of nitriles is 1. The summed E-state index contributed by atoms with van der Waals surface area (Å²) in [6.07, 6.45) is 3.32. The molecule has 2 aliphatic rings. The topological polar surface area (TPSA) is 57.9 Å². The summed E-state index contributed by atoms with van der Waals surface area (Å²) in [5, 5.41) is 10.2. The van der Waals surface area contributed by atoms with Crippen molar-refractivity contribution in [3.63, 3.8) is 0 Å². The lowest BCUT2D eigenvalue weighted by Crippen LogP contribution is -2.25. The summed E-state index contributed by atoms with van der Waals surface area (Å²) in [6.45, 7) is 4.07. The molecule has 0 aliphatic heterocycles. The number of hydrogen-bond donors (Lipinski definition) is 0. The van der Waals surface area contributed by atoms with Crippen LogP contribution < -0.4 is 0 Å². The molecule has 0 bridgehead atoms. The number of fused-ring (bicyclic) bond motifs is 1. The van der Waals surface area contributed by atoms with E-state index in [-0.39, 0.29) is 11.2 Å². The SMILES string of the molecule is Cc1ccc([S@](=O)c2ccccc2[C@@]2(C#N)CC3=CC(=O)C[C@@]3(C)C2)cc1. The van der Waals surface area contributed by atoms with E-state index in [1.54, 1.807) is 6.08 Å². The Morgan fingerprint density at radius 3 is 2.44 bits per heavy atom. The molecule has 0 unspecified atom stereocenters. The highest BCUT2D eigenvalue weighted by atomic mass is 32.2. The second kappa shape index (κ2) is 6.28. The third-order valence-corrected chi connectivity index (χ3v) is 7.37. The molecule has 2 aromatic carbocycles. The van der Waals surface area contributed by atoms with Gasteiger partial charge in [-0.15, -0.1) is 0 Å². The average Bonchev–Trinajstić information content (AvgIpc) is 3.09. The minimum absolute atomic E-state index is 0.149. The van der Waals surface area contributed by atoms with Crippen LogP contribution in [0.15, 0.2) is 70.0 Å². The van der Waals surface area contributed by atoms with Crippen LogP contribution in [-0.4, -0.2) is 9.99 Å². The van der Waals surface area contributed by atoms with Gasteiger partial charge < -0.3 is 0 Å². The van der Waals surface area contributed by atoms with E-state index < -0.39 is 16.2 Å². The Bertz CT molecular complexity index is 1030. The average molecular weight is 375 g/mol. The summed E-state index contributed by atoms with van der Waals surface area (Å²) in [7, 11) is -1.35. The number of benzene rings is 2. The zero-order valence-electron chi connectivity index (χ0n) is 15.5. The van der Waals surface area contributed by atoms with Crippen molar-refractivity contribution in [3.8, 4) is 6.07 Å². The first-order valence-electron chi connectivity index (χ1n) is 9.10. The van der Waals surface area contributed by atoms with Crippen molar-refractivity contribution in [2.45, 2.75) is 48.3 Å². The second-order valence-corrected chi connectivity index (χ2v) is 9.45. The van der Waals surface area contributed by atoms with Crippen LogP contribution in [-0.2, 0) is 21.0 Å². The highest BCUT2D eigenvalue weighted by Crippen LogP contribution is 2.58. The molecule has 4 rings (SSSR count). The summed E-state index contributed by atoms with van der Waals surface area (Å²) in [4.78, 5) is 13.3. The lowest BCUT2D eigenvalue weighted by Gasteiger charge is -2.27. The van der Waals surface area contributed by atoms with Crippen LogP contribution in [0.3, 0.4) is 0 Å². The molecular formula is C23H21NO2S. The van der Waals surface area contributed by atoms with E-state index in [9.17, 15) is 14.3 Å². The normalized spacial score (nSPS) is 27.7. The van der Waals surface area contributed by atoms with E-state index >= 15 is 0 Å². The number of aryl methyl sites for hydroxylation is 1. The first-order valence-corrected chi connectivity index (χ1v) is 10.2. The Morgan fingerprint density at radius 2 is 1.78 bits per heavy atom. The van der Waals surface area contributed by atoms with E-state index in [0.717, 1.165) is 21.6 Å². The van der Waals surface area contributed by atoms with Crippen molar-refractivity contribution < 1.29 is 9.00 Å². The van der Waals surface area contributed by atoms with Crippen molar-refractivity contribution in [1.82, 2.24) is 0 Å². The molecular weight excluding hydrogens is 354 g/mol. The van der Waals surface area contributed by atoms with Gasteiger partial charge in [0.1, 0.15) is 0 Å². The highest BCUT2D eigenvalue weighted by molar-refractivity contribution is 7.85. The van der Waals surface area contributed by atoms with Crippen molar-refractivity contribution in [2.24, 2.45) is 5.41 Å². The fourth-order valence-corrected chi connectivity index (χ4v) is 5.86. The fraction of sp³-hybridized carbons (Fsp3) is 0.304. The van der Waals surface area contributed by atoms with Crippen molar-refractivity contribution in [2.75, 3.05) is 0 Å². The predicted octanol–water partition coefficient (Wildman–Crippen LogP) is 4.62. The lowest BCUT2D eigenvalue weighted by atomic mass is 9.75. The number of hydrogen-bond acceptors (Lipinski definition) is 3. The van der Waals surface area contributed by atoms with Crippen LogP contribution in [0, 0.1) is 23.7 Å². The first-order chi connectivity index (χ1) is 12.9. The van der Waals surface area contributed by atoms with Gasteiger partial charge in [-0.25, -0.2) is 4.21 Å². The second-order valence-electron chi connectivity index (χ2n) is 8.00. The molecule has 3 atom stereocenters. The number of ketones is 1. The van der Waals surface area contributed by atoms with Gasteiger partial charge in [-0.1, -0.05) is 48.4 Å². The van der Waals surface area contributed by atoms with Gasteiger partial charge in [0.05, 0.1) is 22.3 Å². The van der Waals surface area contributed by atoms with Crippen molar-refractivity contribution in [1.29, 1.82) is 5.26 Å². The number of rotatable bonds is 3. The minimum atomic E-state index is -1.35. The zero-order chi connectivity index (χ0) is 19.2. The summed E-state index contributed by atoms with van der Waals surface area (Å²) in [5.74, 6) is 0.149. The molecule has 1 fully saturated rings. The Kier molecular flexibility index (Phi) is 4.16. The monoisotopic (exact) mass is 375 g/mol. The van der Waals surface area contributed by atoms with Gasteiger partial charge in [0.2, 0.25) is 0 Å². The standard InChI is InChI=1S/C23H21NO2S/c1-16-7-9-19(10-8-16)27(26)21-6-4-3-5-20(21)23(15-24)12-17-11-18(25)13-22(17,2)14-23/h3-11H,12-14H2,1-2H3/t22-,23-,27-/m0/s1. The van der Waals surface area contributed by atoms with E-state index in [1.807, 2.05) is 55.5 Å². The molecule has 0 heterocycles. The van der Waals surface area contributed by atoms with Crippen LogP contribution in [0.5, 0.6) is 0 Å². The largest absolute Gasteiger partial charge is 0.295 e. The third kappa shape index (κ3) is 2.87. The molecule has 0 amide bonds. The molecule has 0 saturated heterocycles. The van der Waals surface area contributed by atoms with Crippen LogP contribution in [0.1, 0.15) is 37.3 Å². The predicted molar refractivity (Wildman–Crippen MR) is 105 cm³/mol. The molecule has 1 saturated carbocycles. The molecule has 4 heteroatoms. The third-order valence-electron chi connectivity index (χ3n) is 5.91. The van der Waals surface area contributed by atoms with E-state index in [4.69, 9.17) is 0 Å². The lowest BCUT2D eigenvalue weighted by molar-refractivity contribution is -0.115. The molecule has 3 nitrogen and oxygen atoms in total. The van der Waals surface area contributed by atoms with E-state index in [0.29, 0.717) is 24.2 Å². The van der Waals surface area contributed by atoms with E-state index in [1.165, 1.54) is 0 Å². The minimum Gasteiger partial charge on any atom is -0.295 e. The Morgan fingerprint density at radius 1 is 1.07 bits per heavy atom. The van der Waals surface area contributed by atoms with E-state index in [2.05, 4.69) is 13.0 Å². The summed E-state index contributed by atoms with van der Waals surface area (Å²) in [6, 6.07) is 17.8. The quantitative estimate of drug-likeness (QED) is 0.786. The summed E-state index contributed by atoms with van der Waals surface area (Å²) >= 11 is 0. The van der Waals surface area contributed by atoms with Gasteiger partial charge in [-0.05, 0) is 55.0 Å².